The van der Waals surface area contributed by atoms with Gasteiger partial charge in [0.1, 0.15) is 5.58 Å². The van der Waals surface area contributed by atoms with Gasteiger partial charge in [0.2, 0.25) is 5.76 Å². The molecule has 24 heavy (non-hydrogen) atoms. The van der Waals surface area contributed by atoms with Crippen LogP contribution in [0.5, 0.6) is 0 Å². The van der Waals surface area contributed by atoms with Gasteiger partial charge in [-0.3, -0.25) is 4.79 Å². The first-order valence-corrected chi connectivity index (χ1v) is 8.92. The standard InChI is InChI=1S/C18H20BrNO4/c1-11-5-3-4-8-20(11)16(21)10-23-18(22)17-12(2)14-9-13(19)6-7-15(14)24-17/h6-7,9,11H,3-5,8,10H2,1-2H3. The molecule has 1 atom stereocenters. The number of rotatable bonds is 3. The summed E-state index contributed by atoms with van der Waals surface area (Å²) in [5.74, 6) is -0.590. The maximum Gasteiger partial charge on any atom is 0.375 e. The van der Waals surface area contributed by atoms with Crippen molar-refractivity contribution < 1.29 is 18.7 Å². The maximum atomic E-state index is 12.3. The Morgan fingerprint density at radius 1 is 1.38 bits per heavy atom. The Kier molecular flexibility index (Phi) is 4.94. The molecule has 128 valence electrons. The molecule has 0 bridgehead atoms. The van der Waals surface area contributed by atoms with Crippen LogP contribution in [0, 0.1) is 6.92 Å². The van der Waals surface area contributed by atoms with Gasteiger partial charge in [0.25, 0.3) is 5.91 Å². The summed E-state index contributed by atoms with van der Waals surface area (Å²) >= 11 is 3.40. The van der Waals surface area contributed by atoms with Crippen molar-refractivity contribution in [3.05, 3.63) is 34.0 Å². The highest BCUT2D eigenvalue weighted by atomic mass is 79.9. The molecule has 1 fully saturated rings. The van der Waals surface area contributed by atoms with Gasteiger partial charge in [-0.2, -0.15) is 0 Å². The summed E-state index contributed by atoms with van der Waals surface area (Å²) in [4.78, 5) is 26.3. The lowest BCUT2D eigenvalue weighted by molar-refractivity contribution is -0.137. The van der Waals surface area contributed by atoms with Crippen molar-refractivity contribution in [1.82, 2.24) is 4.90 Å². The lowest BCUT2D eigenvalue weighted by Gasteiger charge is -2.33. The van der Waals surface area contributed by atoms with Crippen molar-refractivity contribution in [2.75, 3.05) is 13.2 Å². The molecular formula is C18H20BrNO4. The van der Waals surface area contributed by atoms with E-state index in [1.165, 1.54) is 0 Å². The van der Waals surface area contributed by atoms with Crippen LogP contribution in [0.4, 0.5) is 0 Å². The fourth-order valence-electron chi connectivity index (χ4n) is 3.13. The number of ether oxygens (including phenoxy) is 1. The number of benzene rings is 1. The van der Waals surface area contributed by atoms with Crippen LogP contribution >= 0.6 is 15.9 Å². The molecule has 0 spiro atoms. The monoisotopic (exact) mass is 393 g/mol. The minimum absolute atomic E-state index is 0.146. The van der Waals surface area contributed by atoms with E-state index in [-0.39, 0.29) is 24.3 Å². The van der Waals surface area contributed by atoms with Gasteiger partial charge in [0.05, 0.1) is 0 Å². The van der Waals surface area contributed by atoms with Crippen molar-refractivity contribution in [1.29, 1.82) is 0 Å². The summed E-state index contributed by atoms with van der Waals surface area (Å²) in [6.07, 6.45) is 3.14. The molecule has 1 unspecified atom stereocenters. The third-order valence-electron chi connectivity index (χ3n) is 4.53. The molecule has 0 saturated carbocycles. The molecule has 0 aliphatic carbocycles. The molecule has 0 N–H and O–H groups in total. The molecule has 1 aliphatic heterocycles. The highest BCUT2D eigenvalue weighted by Gasteiger charge is 2.25. The second-order valence-corrected chi connectivity index (χ2v) is 7.12. The lowest BCUT2D eigenvalue weighted by Crippen LogP contribution is -2.44. The van der Waals surface area contributed by atoms with Gasteiger partial charge in [-0.05, 0) is 51.3 Å². The van der Waals surface area contributed by atoms with Crippen LogP contribution < -0.4 is 0 Å². The fourth-order valence-corrected chi connectivity index (χ4v) is 3.49. The number of fused-ring (bicyclic) bond motifs is 1. The number of esters is 1. The van der Waals surface area contributed by atoms with Gasteiger partial charge in [-0.25, -0.2) is 4.79 Å². The van der Waals surface area contributed by atoms with E-state index in [1.54, 1.807) is 11.0 Å². The quantitative estimate of drug-likeness (QED) is 0.737. The van der Waals surface area contributed by atoms with Gasteiger partial charge in [0.15, 0.2) is 6.61 Å². The van der Waals surface area contributed by atoms with E-state index in [1.807, 2.05) is 26.0 Å². The first kappa shape index (κ1) is 17.0. The number of amides is 1. The van der Waals surface area contributed by atoms with Crippen molar-refractivity contribution in [3.8, 4) is 0 Å². The zero-order valence-corrected chi connectivity index (χ0v) is 15.4. The first-order chi connectivity index (χ1) is 11.5. The molecule has 3 rings (SSSR count). The number of aryl methyl sites for hydroxylation is 1. The van der Waals surface area contributed by atoms with Gasteiger partial charge in [-0.15, -0.1) is 0 Å². The predicted octanol–water partition coefficient (Wildman–Crippen LogP) is 4.06. The number of likely N-dealkylation sites (tertiary alicyclic amines) is 1. The van der Waals surface area contributed by atoms with Crippen LogP contribution in [-0.2, 0) is 9.53 Å². The molecule has 6 heteroatoms. The van der Waals surface area contributed by atoms with E-state index < -0.39 is 5.97 Å². The van der Waals surface area contributed by atoms with Gasteiger partial charge in [0, 0.05) is 28.0 Å². The van der Waals surface area contributed by atoms with E-state index in [0.29, 0.717) is 5.58 Å². The Labute approximate surface area is 149 Å². The second-order valence-electron chi connectivity index (χ2n) is 6.20. The molecule has 1 saturated heterocycles. The number of hydrogen-bond acceptors (Lipinski definition) is 4. The molecule has 2 heterocycles. The summed E-state index contributed by atoms with van der Waals surface area (Å²) in [7, 11) is 0. The Hall–Kier alpha value is -1.82. The number of piperidine rings is 1. The number of carbonyl (C=O) groups excluding carboxylic acids is 2. The van der Waals surface area contributed by atoms with Crippen LogP contribution in [-0.4, -0.2) is 36.0 Å². The van der Waals surface area contributed by atoms with Crippen LogP contribution in [0.2, 0.25) is 0 Å². The highest BCUT2D eigenvalue weighted by molar-refractivity contribution is 9.10. The van der Waals surface area contributed by atoms with Crippen LogP contribution in [0.1, 0.15) is 42.3 Å². The third-order valence-corrected chi connectivity index (χ3v) is 5.03. The number of hydrogen-bond donors (Lipinski definition) is 0. The van der Waals surface area contributed by atoms with Crippen molar-refractivity contribution in [2.24, 2.45) is 0 Å². The predicted molar refractivity (Wildman–Crippen MR) is 94.0 cm³/mol. The average Bonchev–Trinajstić information content (AvgIpc) is 2.89. The van der Waals surface area contributed by atoms with Crippen molar-refractivity contribution in [2.45, 2.75) is 39.2 Å². The van der Waals surface area contributed by atoms with E-state index in [2.05, 4.69) is 15.9 Å². The Balaban J connectivity index is 1.69. The Morgan fingerprint density at radius 2 is 2.17 bits per heavy atom. The van der Waals surface area contributed by atoms with Gasteiger partial charge < -0.3 is 14.1 Å². The third kappa shape index (κ3) is 3.34. The van der Waals surface area contributed by atoms with Gasteiger partial charge >= 0.3 is 5.97 Å². The van der Waals surface area contributed by atoms with E-state index in [4.69, 9.17) is 9.15 Å². The molecule has 1 aromatic heterocycles. The number of carbonyl (C=O) groups is 2. The zero-order chi connectivity index (χ0) is 17.3. The molecule has 1 aromatic carbocycles. The van der Waals surface area contributed by atoms with Crippen molar-refractivity contribution >= 4 is 38.8 Å². The molecular weight excluding hydrogens is 374 g/mol. The molecule has 5 nitrogen and oxygen atoms in total. The van der Waals surface area contributed by atoms with Crippen LogP contribution in [0.15, 0.2) is 27.1 Å². The normalized spacial score (nSPS) is 18.0. The van der Waals surface area contributed by atoms with Crippen LogP contribution in [0.3, 0.4) is 0 Å². The summed E-state index contributed by atoms with van der Waals surface area (Å²) < 4.78 is 11.7. The summed E-state index contributed by atoms with van der Waals surface area (Å²) in [6.45, 7) is 4.32. The van der Waals surface area contributed by atoms with Crippen LogP contribution in [0.25, 0.3) is 11.0 Å². The average molecular weight is 394 g/mol. The largest absolute Gasteiger partial charge is 0.450 e. The summed E-state index contributed by atoms with van der Waals surface area (Å²) in [5.41, 5.74) is 1.34. The topological polar surface area (TPSA) is 59.8 Å². The van der Waals surface area contributed by atoms with Crippen molar-refractivity contribution in [3.63, 3.8) is 0 Å². The highest BCUT2D eigenvalue weighted by Crippen LogP contribution is 2.28. The summed E-state index contributed by atoms with van der Waals surface area (Å²) in [5, 5.41) is 0.854. The number of halogens is 1. The molecule has 0 radical (unpaired) electrons. The number of furan rings is 1. The molecule has 2 aromatic rings. The fraction of sp³-hybridized carbons (Fsp3) is 0.444. The zero-order valence-electron chi connectivity index (χ0n) is 13.8. The van der Waals surface area contributed by atoms with E-state index in [9.17, 15) is 9.59 Å². The van der Waals surface area contributed by atoms with E-state index in [0.717, 1.165) is 41.2 Å². The summed E-state index contributed by atoms with van der Waals surface area (Å²) in [6, 6.07) is 5.74. The van der Waals surface area contributed by atoms with Gasteiger partial charge in [-0.1, -0.05) is 15.9 Å². The smallest absolute Gasteiger partial charge is 0.375 e. The molecule has 1 amide bonds. The SMILES string of the molecule is Cc1c(C(=O)OCC(=O)N2CCCCC2C)oc2ccc(Br)cc12. The van der Waals surface area contributed by atoms with E-state index >= 15 is 0 Å². The first-order valence-electron chi connectivity index (χ1n) is 8.12. The molecule has 1 aliphatic rings. The number of nitrogens with zero attached hydrogens (tertiary/aromatic N) is 1. The minimum Gasteiger partial charge on any atom is -0.450 e. The Bertz CT molecular complexity index is 783. The minimum atomic E-state index is -0.599. The lowest BCUT2D eigenvalue weighted by atomic mass is 10.0. The Morgan fingerprint density at radius 3 is 2.92 bits per heavy atom. The second kappa shape index (κ2) is 6.97. The maximum absolute atomic E-state index is 12.3.